The smallest absolute Gasteiger partial charge is 0.221 e. The molecule has 19 heavy (non-hydrogen) atoms. The average Bonchev–Trinajstić information content (AvgIpc) is 2.48. The normalized spacial score (nSPS) is 22.8. The Morgan fingerprint density at radius 2 is 1.74 bits per heavy atom. The number of pyridine rings is 2. The Balaban J connectivity index is 1.84. The molecule has 4 heteroatoms. The average molecular weight is 253 g/mol. The van der Waals surface area contributed by atoms with Crippen molar-refractivity contribution in [3.63, 3.8) is 0 Å². The molecule has 0 aliphatic carbocycles. The molecule has 4 nitrogen and oxygen atoms in total. The highest BCUT2D eigenvalue weighted by molar-refractivity contribution is 5.78. The number of amides is 1. The maximum Gasteiger partial charge on any atom is 0.221 e. The van der Waals surface area contributed by atoms with Crippen LogP contribution in [0.5, 0.6) is 0 Å². The summed E-state index contributed by atoms with van der Waals surface area (Å²) in [5, 5.41) is 3.03. The van der Waals surface area contributed by atoms with Gasteiger partial charge in [0.15, 0.2) is 0 Å². The third kappa shape index (κ3) is 2.62. The lowest BCUT2D eigenvalue weighted by Crippen LogP contribution is -2.36. The van der Waals surface area contributed by atoms with E-state index in [0.717, 1.165) is 17.5 Å². The molecule has 0 aromatic carbocycles. The molecule has 1 N–H and O–H groups in total. The predicted octanol–water partition coefficient (Wildman–Crippen LogP) is 2.21. The van der Waals surface area contributed by atoms with Crippen LogP contribution < -0.4 is 5.32 Å². The first-order valence-electron chi connectivity index (χ1n) is 6.42. The summed E-state index contributed by atoms with van der Waals surface area (Å²) in [6.45, 7) is 0. The standard InChI is InChI=1S/C15H15N3O/c19-15-8-13(11-3-1-5-16-9-11)7-14(18-15)12-4-2-6-17-10-12/h1-6,9-10,13-14H,7-8H2,(H,18,19)/t13-,14-/m1/s1. The van der Waals surface area contributed by atoms with Gasteiger partial charge < -0.3 is 5.32 Å². The second-order valence-electron chi connectivity index (χ2n) is 4.83. The molecule has 0 bridgehead atoms. The molecule has 3 heterocycles. The molecule has 0 saturated carbocycles. The van der Waals surface area contributed by atoms with E-state index in [9.17, 15) is 4.79 Å². The Bertz CT molecular complexity index is 507. The van der Waals surface area contributed by atoms with Gasteiger partial charge in [-0.05, 0) is 35.6 Å². The van der Waals surface area contributed by atoms with Crippen LogP contribution in [0, 0.1) is 0 Å². The van der Waals surface area contributed by atoms with E-state index in [-0.39, 0.29) is 17.9 Å². The van der Waals surface area contributed by atoms with Crippen LogP contribution in [-0.2, 0) is 4.79 Å². The predicted molar refractivity (Wildman–Crippen MR) is 71.3 cm³/mol. The first-order chi connectivity index (χ1) is 9.33. The topological polar surface area (TPSA) is 54.9 Å². The van der Waals surface area contributed by atoms with Crippen LogP contribution in [0.15, 0.2) is 49.1 Å². The summed E-state index contributed by atoms with van der Waals surface area (Å²) in [5.74, 6) is 0.321. The number of nitrogens with one attached hydrogen (secondary N) is 1. The van der Waals surface area contributed by atoms with Gasteiger partial charge in [-0.2, -0.15) is 0 Å². The monoisotopic (exact) mass is 253 g/mol. The molecule has 2 aromatic rings. The number of hydrogen-bond acceptors (Lipinski definition) is 3. The van der Waals surface area contributed by atoms with Gasteiger partial charge >= 0.3 is 0 Å². The molecule has 0 unspecified atom stereocenters. The zero-order valence-electron chi connectivity index (χ0n) is 10.5. The molecule has 1 aliphatic rings. The van der Waals surface area contributed by atoms with E-state index in [4.69, 9.17) is 0 Å². The Morgan fingerprint density at radius 1 is 1.05 bits per heavy atom. The molecular weight excluding hydrogens is 238 g/mol. The molecule has 0 radical (unpaired) electrons. The fourth-order valence-corrected chi connectivity index (χ4v) is 2.58. The summed E-state index contributed by atoms with van der Waals surface area (Å²) < 4.78 is 0. The summed E-state index contributed by atoms with van der Waals surface area (Å²) in [6, 6.07) is 7.90. The van der Waals surface area contributed by atoms with Crippen LogP contribution in [0.4, 0.5) is 0 Å². The van der Waals surface area contributed by atoms with Crippen molar-refractivity contribution in [1.29, 1.82) is 0 Å². The van der Waals surface area contributed by atoms with E-state index in [0.29, 0.717) is 6.42 Å². The number of carbonyl (C=O) groups excluding carboxylic acids is 1. The van der Waals surface area contributed by atoms with E-state index in [1.807, 2.05) is 36.7 Å². The van der Waals surface area contributed by atoms with Crippen molar-refractivity contribution >= 4 is 5.91 Å². The maximum absolute atomic E-state index is 11.9. The number of hydrogen-bond donors (Lipinski definition) is 1. The summed E-state index contributed by atoms with van der Waals surface area (Å²) >= 11 is 0. The van der Waals surface area contributed by atoms with Crippen LogP contribution in [0.1, 0.15) is 35.9 Å². The first kappa shape index (κ1) is 11.8. The van der Waals surface area contributed by atoms with E-state index in [1.54, 1.807) is 12.4 Å². The minimum absolute atomic E-state index is 0.0418. The van der Waals surface area contributed by atoms with Crippen molar-refractivity contribution in [1.82, 2.24) is 15.3 Å². The number of carbonyl (C=O) groups is 1. The van der Waals surface area contributed by atoms with Crippen LogP contribution in [0.25, 0.3) is 0 Å². The summed E-state index contributed by atoms with van der Waals surface area (Å²) in [4.78, 5) is 20.1. The third-order valence-corrected chi connectivity index (χ3v) is 3.53. The SMILES string of the molecule is O=C1C[C@H](c2cccnc2)C[C@H](c2cccnc2)N1. The van der Waals surface area contributed by atoms with Crippen LogP contribution in [0.3, 0.4) is 0 Å². The van der Waals surface area contributed by atoms with Gasteiger partial charge in [0.2, 0.25) is 5.91 Å². The Hall–Kier alpha value is -2.23. The molecule has 2 atom stereocenters. The van der Waals surface area contributed by atoms with Crippen LogP contribution in [0.2, 0.25) is 0 Å². The molecule has 1 saturated heterocycles. The molecule has 1 amide bonds. The molecule has 96 valence electrons. The highest BCUT2D eigenvalue weighted by Crippen LogP contribution is 2.33. The van der Waals surface area contributed by atoms with Crippen molar-refractivity contribution < 1.29 is 4.79 Å². The lowest BCUT2D eigenvalue weighted by atomic mass is 9.85. The molecule has 2 aromatic heterocycles. The zero-order valence-corrected chi connectivity index (χ0v) is 10.5. The van der Waals surface area contributed by atoms with Crippen molar-refractivity contribution in [3.8, 4) is 0 Å². The zero-order chi connectivity index (χ0) is 13.1. The fourth-order valence-electron chi connectivity index (χ4n) is 2.58. The second-order valence-corrected chi connectivity index (χ2v) is 4.83. The molecule has 3 rings (SSSR count). The van der Waals surface area contributed by atoms with E-state index < -0.39 is 0 Å². The fraction of sp³-hybridized carbons (Fsp3) is 0.267. The van der Waals surface area contributed by atoms with E-state index in [2.05, 4.69) is 15.3 Å². The van der Waals surface area contributed by atoms with Gasteiger partial charge in [-0.15, -0.1) is 0 Å². The van der Waals surface area contributed by atoms with Gasteiger partial charge in [-0.3, -0.25) is 14.8 Å². The van der Waals surface area contributed by atoms with Crippen molar-refractivity contribution in [2.24, 2.45) is 0 Å². The minimum atomic E-state index is 0.0418. The number of aromatic nitrogens is 2. The number of rotatable bonds is 2. The third-order valence-electron chi connectivity index (χ3n) is 3.53. The van der Waals surface area contributed by atoms with Crippen molar-refractivity contribution in [3.05, 3.63) is 60.2 Å². The lowest BCUT2D eigenvalue weighted by Gasteiger charge is -2.30. The Labute approximate surface area is 111 Å². The van der Waals surface area contributed by atoms with Gasteiger partial charge in [0.05, 0.1) is 6.04 Å². The quantitative estimate of drug-likeness (QED) is 0.892. The van der Waals surface area contributed by atoms with Crippen molar-refractivity contribution in [2.45, 2.75) is 24.8 Å². The van der Waals surface area contributed by atoms with E-state index >= 15 is 0 Å². The van der Waals surface area contributed by atoms with E-state index in [1.165, 1.54) is 0 Å². The number of nitrogens with zero attached hydrogens (tertiary/aromatic N) is 2. The van der Waals surface area contributed by atoms with Crippen LogP contribution >= 0.6 is 0 Å². The first-order valence-corrected chi connectivity index (χ1v) is 6.42. The van der Waals surface area contributed by atoms with Crippen LogP contribution in [-0.4, -0.2) is 15.9 Å². The van der Waals surface area contributed by atoms with Gasteiger partial charge in [0.25, 0.3) is 0 Å². The maximum atomic E-state index is 11.9. The van der Waals surface area contributed by atoms with Gasteiger partial charge in [0, 0.05) is 31.2 Å². The molecule has 1 fully saturated rings. The highest BCUT2D eigenvalue weighted by Gasteiger charge is 2.28. The largest absolute Gasteiger partial charge is 0.349 e. The summed E-state index contributed by atoms with van der Waals surface area (Å²) in [5.41, 5.74) is 2.19. The second kappa shape index (κ2) is 5.18. The number of piperidine rings is 1. The van der Waals surface area contributed by atoms with Gasteiger partial charge in [-0.1, -0.05) is 12.1 Å². The highest BCUT2D eigenvalue weighted by atomic mass is 16.1. The Morgan fingerprint density at radius 3 is 2.37 bits per heavy atom. The van der Waals surface area contributed by atoms with Gasteiger partial charge in [-0.25, -0.2) is 0 Å². The molecular formula is C15H15N3O. The molecule has 0 spiro atoms. The lowest BCUT2D eigenvalue weighted by molar-refractivity contribution is -0.123. The molecule has 1 aliphatic heterocycles. The van der Waals surface area contributed by atoms with Crippen molar-refractivity contribution in [2.75, 3.05) is 0 Å². The summed E-state index contributed by atoms with van der Waals surface area (Å²) in [7, 11) is 0. The summed E-state index contributed by atoms with van der Waals surface area (Å²) in [6.07, 6.45) is 8.59. The Kier molecular flexibility index (Phi) is 3.23. The minimum Gasteiger partial charge on any atom is -0.349 e. The van der Waals surface area contributed by atoms with Gasteiger partial charge in [0.1, 0.15) is 0 Å².